The van der Waals surface area contributed by atoms with Crippen LogP contribution in [0.15, 0.2) is 0 Å². The molecule has 0 amide bonds. The normalized spacial score (nSPS) is 8.33. The second kappa shape index (κ2) is 3.74. The van der Waals surface area contributed by atoms with Crippen LogP contribution in [0.2, 0.25) is 0 Å². The molecule has 6 heavy (non-hydrogen) atoms. The van der Waals surface area contributed by atoms with Crippen LogP contribution in [0.3, 0.4) is 0 Å². The maximum absolute atomic E-state index is 2.21. The van der Waals surface area contributed by atoms with E-state index in [4.69, 9.17) is 0 Å². The van der Waals surface area contributed by atoms with Gasteiger partial charge in [-0.3, -0.25) is 0 Å². The van der Waals surface area contributed by atoms with Crippen molar-refractivity contribution in [3.8, 4) is 0 Å². The molecule has 0 aromatic heterocycles. The van der Waals surface area contributed by atoms with Crippen LogP contribution in [0.4, 0.5) is 0 Å². The van der Waals surface area contributed by atoms with Crippen molar-refractivity contribution >= 4 is 3.90 Å². The predicted octanol–water partition coefficient (Wildman–Crippen LogP) is 1.53. The SMILES string of the molecule is CCC[C](C)=[W]. The molecule has 0 aliphatic carbocycles. The number of hydrogen-bond acceptors (Lipinski definition) is 0. The van der Waals surface area contributed by atoms with Crippen molar-refractivity contribution in [1.29, 1.82) is 0 Å². The Hall–Kier alpha value is 0.558. The van der Waals surface area contributed by atoms with Gasteiger partial charge in [-0.05, 0) is 0 Å². The molecule has 0 aliphatic rings. The zero-order valence-corrected chi connectivity index (χ0v) is 7.26. The van der Waals surface area contributed by atoms with E-state index in [0.717, 1.165) is 0 Å². The quantitative estimate of drug-likeness (QED) is 0.700. The van der Waals surface area contributed by atoms with E-state index >= 15 is 0 Å². The summed E-state index contributed by atoms with van der Waals surface area (Å²) in [5, 5.41) is 0. The Kier molecular flexibility index (Phi) is 4.09. The topological polar surface area (TPSA) is 0 Å². The molecule has 0 heterocycles. The maximum atomic E-state index is 2.21. The summed E-state index contributed by atoms with van der Waals surface area (Å²) in [5.41, 5.74) is 0. The molecule has 0 nitrogen and oxygen atoms in total. The van der Waals surface area contributed by atoms with Crippen molar-refractivity contribution in [3.63, 3.8) is 0 Å². The molecule has 0 saturated carbocycles. The molecule has 0 radical (unpaired) electrons. The average molecular weight is 254 g/mol. The molecule has 0 aromatic carbocycles. The van der Waals surface area contributed by atoms with Gasteiger partial charge >= 0.3 is 49.9 Å². The van der Waals surface area contributed by atoms with Gasteiger partial charge in [0.1, 0.15) is 0 Å². The first-order valence-corrected chi connectivity index (χ1v) is 3.73. The minimum absolute atomic E-state index is 1.31. The van der Waals surface area contributed by atoms with Gasteiger partial charge in [-0.1, -0.05) is 0 Å². The van der Waals surface area contributed by atoms with Crippen LogP contribution in [-0.2, 0) is 19.4 Å². The molecule has 0 bridgehead atoms. The summed E-state index contributed by atoms with van der Waals surface area (Å²) < 4.78 is 1.62. The fraction of sp³-hybridized carbons (Fsp3) is 0.800. The fourth-order valence-electron chi connectivity index (χ4n) is 0.352. The van der Waals surface area contributed by atoms with Crippen LogP contribution < -0.4 is 0 Å². The fourth-order valence-corrected chi connectivity index (χ4v) is 1.09. The molecule has 0 rings (SSSR count). The number of rotatable bonds is 2. The van der Waals surface area contributed by atoms with Crippen molar-refractivity contribution in [2.24, 2.45) is 0 Å². The second-order valence-corrected chi connectivity index (χ2v) is 3.96. The Morgan fingerprint density at radius 2 is 2.17 bits per heavy atom. The van der Waals surface area contributed by atoms with Crippen LogP contribution in [0.1, 0.15) is 26.7 Å². The summed E-state index contributed by atoms with van der Waals surface area (Å²) in [5.74, 6) is 0. The third kappa shape index (κ3) is 4.56. The van der Waals surface area contributed by atoms with Crippen molar-refractivity contribution in [2.75, 3.05) is 0 Å². The van der Waals surface area contributed by atoms with E-state index in [1.54, 1.807) is 23.3 Å². The predicted molar refractivity (Wildman–Crippen MR) is 25.6 cm³/mol. The van der Waals surface area contributed by atoms with E-state index in [-0.39, 0.29) is 0 Å². The van der Waals surface area contributed by atoms with Crippen molar-refractivity contribution in [2.45, 2.75) is 26.7 Å². The molecule has 0 aliphatic heterocycles. The van der Waals surface area contributed by atoms with Gasteiger partial charge in [0, 0.05) is 0 Å². The third-order valence-electron chi connectivity index (χ3n) is 0.602. The molecule has 0 fully saturated rings. The molecule has 36 valence electrons. The Balaban J connectivity index is 2.83. The zero-order chi connectivity index (χ0) is 4.99. The summed E-state index contributed by atoms with van der Waals surface area (Å²) in [6.45, 7) is 4.42. The summed E-state index contributed by atoms with van der Waals surface area (Å²) in [6.07, 6.45) is 2.64. The van der Waals surface area contributed by atoms with Crippen LogP contribution in [0, 0.1) is 0 Å². The van der Waals surface area contributed by atoms with Crippen LogP contribution in [0.25, 0.3) is 0 Å². The Labute approximate surface area is 50.4 Å². The summed E-state index contributed by atoms with van der Waals surface area (Å²) in [7, 11) is 0. The molecule has 0 atom stereocenters. The van der Waals surface area contributed by atoms with Crippen molar-refractivity contribution in [3.05, 3.63) is 0 Å². The van der Waals surface area contributed by atoms with Crippen LogP contribution >= 0.6 is 0 Å². The molecule has 1 heteroatoms. The van der Waals surface area contributed by atoms with Crippen molar-refractivity contribution < 1.29 is 19.4 Å². The van der Waals surface area contributed by atoms with E-state index in [1.165, 1.54) is 12.8 Å². The van der Waals surface area contributed by atoms with Gasteiger partial charge in [0.05, 0.1) is 0 Å². The van der Waals surface area contributed by atoms with Gasteiger partial charge < -0.3 is 0 Å². The van der Waals surface area contributed by atoms with Crippen LogP contribution in [-0.4, -0.2) is 3.90 Å². The zero-order valence-electron chi connectivity index (χ0n) is 4.32. The van der Waals surface area contributed by atoms with Gasteiger partial charge in [-0.15, -0.1) is 0 Å². The molecular weight excluding hydrogens is 244 g/mol. The van der Waals surface area contributed by atoms with Gasteiger partial charge in [-0.25, -0.2) is 0 Å². The first kappa shape index (κ1) is 6.56. The Morgan fingerprint density at radius 1 is 1.67 bits per heavy atom. The third-order valence-corrected chi connectivity index (χ3v) is 1.34. The first-order chi connectivity index (χ1) is 2.77. The van der Waals surface area contributed by atoms with E-state index in [0.29, 0.717) is 0 Å². The molecule has 0 N–H and O–H groups in total. The van der Waals surface area contributed by atoms with Gasteiger partial charge in [0.25, 0.3) is 0 Å². The second-order valence-electron chi connectivity index (χ2n) is 1.45. The van der Waals surface area contributed by atoms with E-state index in [2.05, 4.69) is 13.8 Å². The number of hydrogen-bond donors (Lipinski definition) is 0. The molecular formula is C5H10W. The van der Waals surface area contributed by atoms with Gasteiger partial charge in [-0.2, -0.15) is 0 Å². The first-order valence-electron chi connectivity index (χ1n) is 2.26. The summed E-state index contributed by atoms with van der Waals surface area (Å²) >= 11 is 1.65. The van der Waals surface area contributed by atoms with E-state index in [9.17, 15) is 0 Å². The minimum atomic E-state index is 1.31. The van der Waals surface area contributed by atoms with E-state index < -0.39 is 0 Å². The standard InChI is InChI=1S/C5H10.W/c1-3-5-4-2;/h3,5H2,1-2H3;. The summed E-state index contributed by atoms with van der Waals surface area (Å²) in [4.78, 5) is 0. The van der Waals surface area contributed by atoms with Gasteiger partial charge in [0.15, 0.2) is 0 Å². The van der Waals surface area contributed by atoms with Crippen molar-refractivity contribution in [1.82, 2.24) is 0 Å². The average Bonchev–Trinajstić information content (AvgIpc) is 1.35. The molecule has 0 spiro atoms. The van der Waals surface area contributed by atoms with Gasteiger partial charge in [0.2, 0.25) is 0 Å². The summed E-state index contributed by atoms with van der Waals surface area (Å²) in [6, 6.07) is 0. The molecule has 0 unspecified atom stereocenters. The van der Waals surface area contributed by atoms with E-state index in [1.807, 2.05) is 0 Å². The monoisotopic (exact) mass is 254 g/mol. The molecule has 0 saturated heterocycles. The Bertz CT molecular complexity index is 47.9. The Morgan fingerprint density at radius 3 is 2.17 bits per heavy atom. The van der Waals surface area contributed by atoms with Crippen LogP contribution in [0.5, 0.6) is 0 Å². The molecule has 0 aromatic rings.